The third-order valence-corrected chi connectivity index (χ3v) is 0. The van der Waals surface area contributed by atoms with Gasteiger partial charge in [0.15, 0.2) is 0 Å². The van der Waals surface area contributed by atoms with Gasteiger partial charge in [0.2, 0.25) is 0 Å². The second-order valence-corrected chi connectivity index (χ2v) is 0. The van der Waals surface area contributed by atoms with Crippen LogP contribution < -0.4 is 0 Å². The molecule has 0 saturated carbocycles. The predicted molar refractivity (Wildman–Crippen MR) is 14.3 cm³/mol. The smallest absolute Gasteiger partial charge is 2.00 e. The predicted octanol–water partition coefficient (Wildman–Crippen LogP) is -1.24. The summed E-state index contributed by atoms with van der Waals surface area (Å²) < 4.78 is 0. The van der Waals surface area contributed by atoms with E-state index in [2.05, 4.69) is 0 Å². The Bertz CT molecular complexity index is 5.51. The summed E-state index contributed by atoms with van der Waals surface area (Å²) in [6.07, 6.45) is 0. The summed E-state index contributed by atoms with van der Waals surface area (Å²) in [5.74, 6) is 0. The summed E-state index contributed by atoms with van der Waals surface area (Å²) in [6, 6.07) is 0. The van der Waals surface area contributed by atoms with Crippen molar-refractivity contribution in [1.29, 1.82) is 0 Å². The zero-order valence-electron chi connectivity index (χ0n) is 2.53. The molecular formula is O4Sb2. The summed E-state index contributed by atoms with van der Waals surface area (Å²) in [5, 5.41) is 0. The molecule has 0 N–H and O–H groups in total. The van der Waals surface area contributed by atoms with Crippen LogP contribution in [0.3, 0.4) is 0 Å². The Morgan fingerprint density at radius 3 is 0.500 bits per heavy atom. The van der Waals surface area contributed by atoms with Crippen LogP contribution in [-0.2, 0) is 21.9 Å². The molecule has 0 aliphatic rings. The van der Waals surface area contributed by atoms with Crippen LogP contribution in [0.1, 0.15) is 0 Å². The van der Waals surface area contributed by atoms with E-state index in [-0.39, 0.29) is 70.8 Å². The fourth-order valence-electron chi connectivity index (χ4n) is 0. The van der Waals surface area contributed by atoms with Crippen LogP contribution in [0.5, 0.6) is 0 Å². The summed E-state index contributed by atoms with van der Waals surface area (Å²) >= 11 is 0. The fourth-order valence-corrected chi connectivity index (χ4v) is 0. The number of hydrogen-bond donors (Lipinski definition) is 0. The van der Waals surface area contributed by atoms with Crippen LogP contribution in [0.4, 0.5) is 0 Å². The van der Waals surface area contributed by atoms with E-state index >= 15 is 0 Å². The van der Waals surface area contributed by atoms with E-state index in [0.29, 0.717) is 0 Å². The molecule has 0 bridgehead atoms. The quantitative estimate of drug-likeness (QED) is 0.498. The fraction of sp³-hybridized carbons (Fsp3) is 0. The molecule has 0 heterocycles. The molecule has 6 heteroatoms. The third kappa shape index (κ3) is 50.3. The molecule has 4 nitrogen and oxygen atoms in total. The van der Waals surface area contributed by atoms with Crippen LogP contribution in [0.25, 0.3) is 0 Å². The third-order valence-electron chi connectivity index (χ3n) is 0. The first kappa shape index (κ1) is 144. The molecule has 6 heavy (non-hydrogen) atoms. The zero-order valence-corrected chi connectivity index (χ0v) is 7.63. The van der Waals surface area contributed by atoms with E-state index in [9.17, 15) is 0 Å². The minimum Gasteiger partial charge on any atom is -2.00 e. The molecule has 2 radical (unpaired) electrons. The molecule has 0 amide bonds. The maximum Gasteiger partial charge on any atom is 5.00 e. The Balaban J connectivity index is 0. The van der Waals surface area contributed by atoms with Gasteiger partial charge in [0.05, 0.1) is 0 Å². The van der Waals surface area contributed by atoms with Gasteiger partial charge in [-0.25, -0.2) is 0 Å². The topological polar surface area (TPSA) is 114 Å². The molecule has 0 atom stereocenters. The molecule has 0 fully saturated rings. The molecule has 0 unspecified atom stereocenters. The minimum atomic E-state index is 0. The Labute approximate surface area is 70.4 Å². The van der Waals surface area contributed by atoms with E-state index in [0.717, 1.165) is 0 Å². The van der Waals surface area contributed by atoms with Crippen LogP contribution in [0.15, 0.2) is 0 Å². The second-order valence-electron chi connectivity index (χ2n) is 0. The summed E-state index contributed by atoms with van der Waals surface area (Å²) in [4.78, 5) is 0. The Morgan fingerprint density at radius 1 is 0.500 bits per heavy atom. The van der Waals surface area contributed by atoms with Crippen molar-refractivity contribution in [1.82, 2.24) is 0 Å². The van der Waals surface area contributed by atoms with Gasteiger partial charge in [0.25, 0.3) is 0 Å². The first-order chi connectivity index (χ1) is 0. The van der Waals surface area contributed by atoms with Gasteiger partial charge in [-0.3, -0.25) is 0 Å². The van der Waals surface area contributed by atoms with E-state index < -0.39 is 0 Å². The molecule has 0 aromatic heterocycles. The van der Waals surface area contributed by atoms with Crippen molar-refractivity contribution in [3.05, 3.63) is 0 Å². The summed E-state index contributed by atoms with van der Waals surface area (Å²) in [7, 11) is 0. The van der Waals surface area contributed by atoms with Gasteiger partial charge in [-0.1, -0.05) is 0 Å². The number of hydrogen-bond acceptors (Lipinski definition) is 0. The van der Waals surface area contributed by atoms with Gasteiger partial charge in [0, 0.05) is 0 Å². The average molecular weight is 308 g/mol. The van der Waals surface area contributed by atoms with Gasteiger partial charge in [-0.05, 0) is 0 Å². The average Bonchev–Trinajstić information content (AvgIpc) is 0. The molecule has 0 aliphatic carbocycles. The number of rotatable bonds is 0. The SMILES string of the molecule is [O-2].[O-2].[O-2].[O-2].[Sb+3].[Sb+5]. The van der Waals surface area contributed by atoms with Gasteiger partial charge in [-0.2, -0.15) is 0 Å². The van der Waals surface area contributed by atoms with Crippen molar-refractivity contribution in [2.24, 2.45) is 0 Å². The van der Waals surface area contributed by atoms with Gasteiger partial charge < -0.3 is 21.9 Å². The zero-order chi connectivity index (χ0) is 0. The van der Waals surface area contributed by atoms with E-state index in [4.69, 9.17) is 0 Å². The van der Waals surface area contributed by atoms with E-state index in [1.54, 1.807) is 0 Å². The van der Waals surface area contributed by atoms with E-state index in [1.165, 1.54) is 0 Å². The minimum absolute atomic E-state index is 0. The van der Waals surface area contributed by atoms with Gasteiger partial charge in [0.1, 0.15) is 0 Å². The molecule has 0 aromatic rings. The molecule has 0 aliphatic heterocycles. The molecule has 0 spiro atoms. The Hall–Kier alpha value is 1.48. The van der Waals surface area contributed by atoms with Crippen molar-refractivity contribution in [2.45, 2.75) is 0 Å². The molecule has 0 aromatic carbocycles. The summed E-state index contributed by atoms with van der Waals surface area (Å²) in [6.45, 7) is 0. The Kier molecular flexibility index (Phi) is 2140. The van der Waals surface area contributed by atoms with E-state index in [1.807, 2.05) is 0 Å². The molecule has 0 rings (SSSR count). The van der Waals surface area contributed by atoms with Gasteiger partial charge >= 0.3 is 48.9 Å². The molecule has 0 saturated heterocycles. The largest absolute Gasteiger partial charge is 5.00 e. The normalized spacial score (nSPS) is 0. The molecule has 34 valence electrons. The van der Waals surface area contributed by atoms with Crippen LogP contribution >= 0.6 is 0 Å². The van der Waals surface area contributed by atoms with Crippen molar-refractivity contribution in [2.75, 3.05) is 0 Å². The maximum atomic E-state index is 0. The Morgan fingerprint density at radius 2 is 0.500 bits per heavy atom. The van der Waals surface area contributed by atoms with Crippen LogP contribution in [0.2, 0.25) is 0 Å². The van der Waals surface area contributed by atoms with Crippen LogP contribution in [0, 0.1) is 0 Å². The standard InChI is InChI=1S/4O.2Sb/q4*-2;+3;+5. The molecular weight excluding hydrogens is 308 g/mol. The van der Waals surface area contributed by atoms with Crippen molar-refractivity contribution >= 4 is 48.9 Å². The first-order valence-corrected chi connectivity index (χ1v) is 0. The van der Waals surface area contributed by atoms with Gasteiger partial charge in [-0.15, -0.1) is 0 Å². The monoisotopic (exact) mass is 306 g/mol. The second kappa shape index (κ2) is 89.1. The van der Waals surface area contributed by atoms with Crippen molar-refractivity contribution < 1.29 is 21.9 Å². The van der Waals surface area contributed by atoms with Crippen LogP contribution in [-0.4, -0.2) is 48.9 Å². The van der Waals surface area contributed by atoms with Crippen molar-refractivity contribution in [3.63, 3.8) is 0 Å². The first-order valence-electron chi connectivity index (χ1n) is 0. The maximum absolute atomic E-state index is 0. The summed E-state index contributed by atoms with van der Waals surface area (Å²) in [5.41, 5.74) is 0. The van der Waals surface area contributed by atoms with Crippen molar-refractivity contribution in [3.8, 4) is 0 Å².